The Bertz CT molecular complexity index is 700. The predicted octanol–water partition coefficient (Wildman–Crippen LogP) is 6.40. The molecular formula is C24H30O2. The molecule has 0 saturated heterocycles. The third kappa shape index (κ3) is 4.55. The summed E-state index contributed by atoms with van der Waals surface area (Å²) < 4.78 is 5.64. The van der Waals surface area contributed by atoms with Gasteiger partial charge in [0.1, 0.15) is 11.5 Å². The molecule has 0 spiro atoms. The third-order valence-corrected chi connectivity index (χ3v) is 5.41. The van der Waals surface area contributed by atoms with Gasteiger partial charge in [-0.05, 0) is 54.0 Å². The molecular weight excluding hydrogens is 320 g/mol. The van der Waals surface area contributed by atoms with E-state index in [1.807, 2.05) is 12.1 Å². The largest absolute Gasteiger partial charge is 0.494 e. The minimum absolute atomic E-state index is 0.0991. The lowest BCUT2D eigenvalue weighted by atomic mass is 9.76. The average Bonchev–Trinajstić information content (AvgIpc) is 2.67. The maximum atomic E-state index is 12.5. The van der Waals surface area contributed by atoms with Crippen LogP contribution in [0.15, 0.2) is 48.5 Å². The molecule has 2 aromatic rings. The Morgan fingerprint density at radius 2 is 1.54 bits per heavy atom. The van der Waals surface area contributed by atoms with E-state index < -0.39 is 0 Å². The van der Waals surface area contributed by atoms with Crippen LogP contribution in [0, 0.1) is 5.92 Å². The topological polar surface area (TPSA) is 26.3 Å². The summed E-state index contributed by atoms with van der Waals surface area (Å²) in [6.45, 7) is 5.07. The van der Waals surface area contributed by atoms with Crippen molar-refractivity contribution in [3.63, 3.8) is 0 Å². The lowest BCUT2D eigenvalue weighted by Crippen LogP contribution is -2.23. The molecule has 2 unspecified atom stereocenters. The molecule has 1 saturated carbocycles. The lowest BCUT2D eigenvalue weighted by Gasteiger charge is -2.27. The van der Waals surface area contributed by atoms with E-state index in [9.17, 15) is 4.79 Å². The second-order valence-electron chi connectivity index (χ2n) is 7.45. The van der Waals surface area contributed by atoms with Crippen molar-refractivity contribution in [3.8, 4) is 16.9 Å². The maximum absolute atomic E-state index is 12.5. The van der Waals surface area contributed by atoms with Crippen molar-refractivity contribution in [3.05, 3.63) is 54.1 Å². The average molecular weight is 351 g/mol. The molecule has 2 atom stereocenters. The first-order chi connectivity index (χ1) is 12.7. The molecule has 0 radical (unpaired) electrons. The van der Waals surface area contributed by atoms with Crippen molar-refractivity contribution >= 4 is 5.78 Å². The smallest absolute Gasteiger partial charge is 0.140 e. The summed E-state index contributed by atoms with van der Waals surface area (Å²) in [6.07, 6.45) is 6.34. The molecule has 0 heterocycles. The molecule has 0 amide bonds. The molecule has 1 aliphatic carbocycles. The van der Waals surface area contributed by atoms with Gasteiger partial charge in [-0.3, -0.25) is 4.79 Å². The molecule has 0 N–H and O–H groups in total. The molecule has 1 fully saturated rings. The first kappa shape index (κ1) is 18.7. The van der Waals surface area contributed by atoms with Crippen LogP contribution < -0.4 is 4.74 Å². The number of hydrogen-bond acceptors (Lipinski definition) is 2. The Balaban J connectivity index is 1.66. The monoisotopic (exact) mass is 350 g/mol. The van der Waals surface area contributed by atoms with E-state index in [0.717, 1.165) is 31.6 Å². The Labute approximate surface area is 157 Å². The quantitative estimate of drug-likeness (QED) is 0.578. The predicted molar refractivity (Wildman–Crippen MR) is 108 cm³/mol. The number of rotatable bonds is 7. The van der Waals surface area contributed by atoms with Gasteiger partial charge in [0, 0.05) is 12.3 Å². The highest BCUT2D eigenvalue weighted by Crippen LogP contribution is 2.35. The van der Waals surface area contributed by atoms with Crippen LogP contribution in [0.4, 0.5) is 0 Å². The fourth-order valence-electron chi connectivity index (χ4n) is 3.97. The van der Waals surface area contributed by atoms with E-state index in [2.05, 4.69) is 50.2 Å². The highest BCUT2D eigenvalue weighted by Gasteiger charge is 2.29. The molecule has 0 aromatic heterocycles. The summed E-state index contributed by atoms with van der Waals surface area (Å²) in [6, 6.07) is 16.8. The van der Waals surface area contributed by atoms with Crippen molar-refractivity contribution in [1.29, 1.82) is 0 Å². The highest BCUT2D eigenvalue weighted by molar-refractivity contribution is 5.86. The molecule has 2 nitrogen and oxygen atoms in total. The number of carbonyl (C=O) groups is 1. The van der Waals surface area contributed by atoms with E-state index in [0.29, 0.717) is 11.7 Å². The van der Waals surface area contributed by atoms with Crippen LogP contribution in [0.2, 0.25) is 0 Å². The highest BCUT2D eigenvalue weighted by atomic mass is 16.5. The SMILES string of the molecule is CCCOc1ccc(-c2ccc(C3CCC(CCC)CC3=O)cc2)cc1. The number of Topliss-reactive ketones (excluding diaryl/α,β-unsaturated/α-hetero) is 1. The minimum atomic E-state index is 0.0991. The van der Waals surface area contributed by atoms with E-state index in [1.54, 1.807) is 0 Å². The van der Waals surface area contributed by atoms with Crippen LogP contribution in [0.5, 0.6) is 5.75 Å². The zero-order chi connectivity index (χ0) is 18.4. The normalized spacial score (nSPS) is 20.2. The third-order valence-electron chi connectivity index (χ3n) is 5.41. The second kappa shape index (κ2) is 9.02. The minimum Gasteiger partial charge on any atom is -0.494 e. The number of benzene rings is 2. The van der Waals surface area contributed by atoms with E-state index in [1.165, 1.54) is 36.0 Å². The van der Waals surface area contributed by atoms with Gasteiger partial charge in [-0.2, -0.15) is 0 Å². The van der Waals surface area contributed by atoms with Crippen molar-refractivity contribution in [1.82, 2.24) is 0 Å². The van der Waals surface area contributed by atoms with Crippen LogP contribution in [0.25, 0.3) is 11.1 Å². The van der Waals surface area contributed by atoms with Crippen molar-refractivity contribution in [2.45, 2.75) is 58.3 Å². The molecule has 2 heteroatoms. The molecule has 3 rings (SSSR count). The van der Waals surface area contributed by atoms with Gasteiger partial charge in [0.2, 0.25) is 0 Å². The summed E-state index contributed by atoms with van der Waals surface area (Å²) in [5.41, 5.74) is 3.54. The zero-order valence-electron chi connectivity index (χ0n) is 16.0. The molecule has 2 aromatic carbocycles. The van der Waals surface area contributed by atoms with Gasteiger partial charge < -0.3 is 4.74 Å². The fraction of sp³-hybridized carbons (Fsp3) is 0.458. The van der Waals surface area contributed by atoms with Crippen molar-refractivity contribution < 1.29 is 9.53 Å². The number of ether oxygens (including phenoxy) is 1. The molecule has 0 aliphatic heterocycles. The van der Waals surface area contributed by atoms with Gasteiger partial charge in [0.15, 0.2) is 0 Å². The van der Waals surface area contributed by atoms with Crippen molar-refractivity contribution in [2.24, 2.45) is 5.92 Å². The van der Waals surface area contributed by atoms with Crippen LogP contribution >= 0.6 is 0 Å². The molecule has 1 aliphatic rings. The summed E-state index contributed by atoms with van der Waals surface area (Å²) in [7, 11) is 0. The van der Waals surface area contributed by atoms with Crippen LogP contribution in [0.1, 0.15) is 63.9 Å². The molecule has 138 valence electrons. The number of ketones is 1. The Morgan fingerprint density at radius 3 is 2.12 bits per heavy atom. The second-order valence-corrected chi connectivity index (χ2v) is 7.45. The van der Waals surface area contributed by atoms with Gasteiger partial charge in [-0.15, -0.1) is 0 Å². The van der Waals surface area contributed by atoms with Crippen LogP contribution in [0.3, 0.4) is 0 Å². The fourth-order valence-corrected chi connectivity index (χ4v) is 3.97. The summed E-state index contributed by atoms with van der Waals surface area (Å²) in [5, 5.41) is 0. The number of carbonyl (C=O) groups excluding carboxylic acids is 1. The van der Waals surface area contributed by atoms with E-state index in [4.69, 9.17) is 4.74 Å². The maximum Gasteiger partial charge on any atom is 0.140 e. The standard InChI is InChI=1S/C24H30O2/c1-3-5-18-6-15-23(24(25)17-18)21-9-7-19(8-10-21)20-11-13-22(14-12-20)26-16-4-2/h7-14,18,23H,3-6,15-17H2,1-2H3. The van der Waals surface area contributed by atoms with Gasteiger partial charge in [-0.1, -0.05) is 63.1 Å². The zero-order valence-corrected chi connectivity index (χ0v) is 16.0. The van der Waals surface area contributed by atoms with Gasteiger partial charge >= 0.3 is 0 Å². The Kier molecular flexibility index (Phi) is 6.49. The Morgan fingerprint density at radius 1 is 0.885 bits per heavy atom. The van der Waals surface area contributed by atoms with Crippen molar-refractivity contribution in [2.75, 3.05) is 6.61 Å². The summed E-state index contributed by atoms with van der Waals surface area (Å²) in [4.78, 5) is 12.5. The molecule has 0 bridgehead atoms. The lowest BCUT2D eigenvalue weighted by molar-refractivity contribution is -0.123. The molecule has 26 heavy (non-hydrogen) atoms. The van der Waals surface area contributed by atoms with Crippen LogP contribution in [-0.4, -0.2) is 12.4 Å². The summed E-state index contributed by atoms with van der Waals surface area (Å²) in [5.74, 6) is 2.06. The van der Waals surface area contributed by atoms with Crippen LogP contribution in [-0.2, 0) is 4.79 Å². The summed E-state index contributed by atoms with van der Waals surface area (Å²) >= 11 is 0. The van der Waals surface area contributed by atoms with Gasteiger partial charge in [0.25, 0.3) is 0 Å². The van der Waals surface area contributed by atoms with E-state index >= 15 is 0 Å². The van der Waals surface area contributed by atoms with E-state index in [-0.39, 0.29) is 5.92 Å². The first-order valence-corrected chi connectivity index (χ1v) is 10.1. The first-order valence-electron chi connectivity index (χ1n) is 10.1. The van der Waals surface area contributed by atoms with Gasteiger partial charge in [0.05, 0.1) is 6.61 Å². The number of hydrogen-bond donors (Lipinski definition) is 0. The van der Waals surface area contributed by atoms with Gasteiger partial charge in [-0.25, -0.2) is 0 Å². The Hall–Kier alpha value is -2.09.